The summed E-state index contributed by atoms with van der Waals surface area (Å²) < 4.78 is 0. The summed E-state index contributed by atoms with van der Waals surface area (Å²) >= 11 is 0. The Labute approximate surface area is 113 Å². The smallest absolute Gasteiger partial charge is 0.106 e. The summed E-state index contributed by atoms with van der Waals surface area (Å²) in [4.78, 5) is 2.43. The molecule has 0 aromatic carbocycles. The lowest BCUT2D eigenvalue weighted by Gasteiger charge is -2.27. The Kier molecular flexibility index (Phi) is 6.11. The van der Waals surface area contributed by atoms with Gasteiger partial charge < -0.3 is 4.90 Å². The summed E-state index contributed by atoms with van der Waals surface area (Å²) in [7, 11) is 2.21. The Morgan fingerprint density at radius 2 is 2.11 bits per heavy atom. The van der Waals surface area contributed by atoms with Gasteiger partial charge >= 0.3 is 0 Å². The zero-order valence-corrected chi connectivity index (χ0v) is 12.5. The molecule has 1 aliphatic carbocycles. The fourth-order valence-corrected chi connectivity index (χ4v) is 2.70. The number of nitrogens with one attached hydrogen (secondary N) is 1. The Bertz CT molecular complexity index is 284. The van der Waals surface area contributed by atoms with Crippen LogP contribution < -0.4 is 5.32 Å². The molecule has 3 unspecified atom stereocenters. The van der Waals surface area contributed by atoms with Crippen LogP contribution in [0, 0.1) is 23.2 Å². The van der Waals surface area contributed by atoms with Gasteiger partial charge in [-0.15, -0.1) is 0 Å². The summed E-state index contributed by atoms with van der Waals surface area (Å²) in [6, 6.07) is 2.47. The van der Waals surface area contributed by atoms with Crippen molar-refractivity contribution in [3.63, 3.8) is 0 Å². The van der Waals surface area contributed by atoms with Crippen molar-refractivity contribution in [2.24, 2.45) is 11.8 Å². The van der Waals surface area contributed by atoms with Crippen LogP contribution in [0.4, 0.5) is 0 Å². The molecule has 0 spiro atoms. The van der Waals surface area contributed by atoms with E-state index in [0.717, 1.165) is 44.2 Å². The first-order chi connectivity index (χ1) is 8.56. The van der Waals surface area contributed by atoms with E-state index < -0.39 is 0 Å². The normalized spacial score (nSPS) is 25.8. The minimum absolute atomic E-state index is 0.303. The standard InChI is InChI=1S/C15H29N3/c1-5-15(12-16,17-6-2)8-7-9-18(4)11-14-10-13(14)3/h13-14,17H,5-11H2,1-4H3. The largest absolute Gasteiger partial charge is 0.306 e. The molecular weight excluding hydrogens is 222 g/mol. The first kappa shape index (κ1) is 15.5. The third kappa shape index (κ3) is 4.59. The van der Waals surface area contributed by atoms with E-state index in [-0.39, 0.29) is 5.54 Å². The van der Waals surface area contributed by atoms with Gasteiger partial charge in [-0.3, -0.25) is 5.32 Å². The molecule has 0 aliphatic heterocycles. The van der Waals surface area contributed by atoms with Crippen molar-refractivity contribution in [2.45, 2.75) is 52.0 Å². The molecule has 1 saturated carbocycles. The van der Waals surface area contributed by atoms with Crippen LogP contribution in [0.1, 0.15) is 46.5 Å². The quantitative estimate of drug-likeness (QED) is 0.685. The molecular formula is C15H29N3. The van der Waals surface area contributed by atoms with Crippen molar-refractivity contribution in [3.05, 3.63) is 0 Å². The number of hydrogen-bond donors (Lipinski definition) is 1. The second-order valence-electron chi connectivity index (χ2n) is 5.92. The van der Waals surface area contributed by atoms with Crippen molar-refractivity contribution >= 4 is 0 Å². The maximum absolute atomic E-state index is 9.34. The first-order valence-corrected chi connectivity index (χ1v) is 7.41. The Hall–Kier alpha value is -0.590. The van der Waals surface area contributed by atoms with Gasteiger partial charge in [-0.1, -0.05) is 20.8 Å². The van der Waals surface area contributed by atoms with Crippen molar-refractivity contribution in [1.29, 1.82) is 5.26 Å². The number of nitrogens with zero attached hydrogens (tertiary/aromatic N) is 2. The SMILES string of the molecule is CCNC(C#N)(CC)CCCN(C)CC1CC1C. The second-order valence-corrected chi connectivity index (χ2v) is 5.92. The molecule has 3 heteroatoms. The van der Waals surface area contributed by atoms with Crippen LogP contribution in [0.15, 0.2) is 0 Å². The zero-order valence-electron chi connectivity index (χ0n) is 12.5. The van der Waals surface area contributed by atoms with Gasteiger partial charge in [0, 0.05) is 6.54 Å². The third-order valence-corrected chi connectivity index (χ3v) is 4.30. The van der Waals surface area contributed by atoms with E-state index in [2.05, 4.69) is 44.1 Å². The lowest BCUT2D eigenvalue weighted by atomic mass is 9.92. The fraction of sp³-hybridized carbons (Fsp3) is 0.933. The van der Waals surface area contributed by atoms with Crippen LogP contribution in [0.2, 0.25) is 0 Å². The molecule has 0 radical (unpaired) electrons. The maximum atomic E-state index is 9.34. The van der Waals surface area contributed by atoms with Crippen LogP contribution in [0.5, 0.6) is 0 Å². The van der Waals surface area contributed by atoms with E-state index in [1.807, 2.05) is 0 Å². The molecule has 1 N–H and O–H groups in total. The van der Waals surface area contributed by atoms with Crippen LogP contribution >= 0.6 is 0 Å². The van der Waals surface area contributed by atoms with Crippen LogP contribution in [0.25, 0.3) is 0 Å². The lowest BCUT2D eigenvalue weighted by molar-refractivity contribution is 0.284. The average molecular weight is 251 g/mol. The summed E-state index contributed by atoms with van der Waals surface area (Å²) in [5.74, 6) is 1.86. The summed E-state index contributed by atoms with van der Waals surface area (Å²) in [6.45, 7) is 9.72. The van der Waals surface area contributed by atoms with Gasteiger partial charge in [0.15, 0.2) is 0 Å². The average Bonchev–Trinajstić information content (AvgIpc) is 3.03. The van der Waals surface area contributed by atoms with Gasteiger partial charge in [0.2, 0.25) is 0 Å². The Balaban J connectivity index is 2.23. The van der Waals surface area contributed by atoms with Gasteiger partial charge in [-0.05, 0) is 57.7 Å². The molecule has 1 rings (SSSR count). The monoisotopic (exact) mass is 251 g/mol. The van der Waals surface area contributed by atoms with Crippen molar-refractivity contribution < 1.29 is 0 Å². The highest BCUT2D eigenvalue weighted by Crippen LogP contribution is 2.37. The molecule has 1 aliphatic rings. The summed E-state index contributed by atoms with van der Waals surface area (Å²) in [5.41, 5.74) is -0.303. The van der Waals surface area contributed by atoms with Gasteiger partial charge in [0.25, 0.3) is 0 Å². The topological polar surface area (TPSA) is 39.1 Å². The van der Waals surface area contributed by atoms with Crippen LogP contribution in [-0.2, 0) is 0 Å². The molecule has 3 atom stereocenters. The van der Waals surface area contributed by atoms with Gasteiger partial charge in [-0.2, -0.15) is 5.26 Å². The van der Waals surface area contributed by atoms with E-state index in [1.165, 1.54) is 13.0 Å². The highest BCUT2D eigenvalue weighted by molar-refractivity contribution is 5.06. The predicted molar refractivity (Wildman–Crippen MR) is 76.3 cm³/mol. The molecule has 0 amide bonds. The van der Waals surface area contributed by atoms with Crippen molar-refractivity contribution in [2.75, 3.05) is 26.7 Å². The van der Waals surface area contributed by atoms with Crippen LogP contribution in [-0.4, -0.2) is 37.1 Å². The van der Waals surface area contributed by atoms with Crippen molar-refractivity contribution in [1.82, 2.24) is 10.2 Å². The minimum atomic E-state index is -0.303. The van der Waals surface area contributed by atoms with E-state index in [0.29, 0.717) is 0 Å². The molecule has 18 heavy (non-hydrogen) atoms. The molecule has 0 saturated heterocycles. The molecule has 0 heterocycles. The maximum Gasteiger partial charge on any atom is 0.106 e. The number of rotatable bonds is 9. The number of hydrogen-bond acceptors (Lipinski definition) is 3. The van der Waals surface area contributed by atoms with Crippen molar-refractivity contribution in [3.8, 4) is 6.07 Å². The molecule has 0 aromatic heterocycles. The molecule has 0 aromatic rings. The number of nitriles is 1. The van der Waals surface area contributed by atoms with E-state index in [4.69, 9.17) is 0 Å². The minimum Gasteiger partial charge on any atom is -0.306 e. The van der Waals surface area contributed by atoms with E-state index >= 15 is 0 Å². The van der Waals surface area contributed by atoms with Crippen LogP contribution in [0.3, 0.4) is 0 Å². The third-order valence-electron chi connectivity index (χ3n) is 4.30. The Morgan fingerprint density at radius 1 is 1.44 bits per heavy atom. The fourth-order valence-electron chi connectivity index (χ4n) is 2.70. The van der Waals surface area contributed by atoms with Gasteiger partial charge in [0.1, 0.15) is 5.54 Å². The zero-order chi connectivity index (χ0) is 13.6. The first-order valence-electron chi connectivity index (χ1n) is 7.41. The predicted octanol–water partition coefficient (Wildman–Crippen LogP) is 2.64. The Morgan fingerprint density at radius 3 is 2.56 bits per heavy atom. The molecule has 3 nitrogen and oxygen atoms in total. The highest BCUT2D eigenvalue weighted by Gasteiger charge is 2.33. The molecule has 104 valence electrons. The van der Waals surface area contributed by atoms with E-state index in [9.17, 15) is 5.26 Å². The summed E-state index contributed by atoms with van der Waals surface area (Å²) in [5, 5.41) is 12.7. The highest BCUT2D eigenvalue weighted by atomic mass is 15.1. The second kappa shape index (κ2) is 7.11. The van der Waals surface area contributed by atoms with Gasteiger partial charge in [-0.25, -0.2) is 0 Å². The molecule has 0 bridgehead atoms. The van der Waals surface area contributed by atoms with E-state index in [1.54, 1.807) is 0 Å². The summed E-state index contributed by atoms with van der Waals surface area (Å²) in [6.07, 6.45) is 4.35. The lowest BCUT2D eigenvalue weighted by Crippen LogP contribution is -2.43. The van der Waals surface area contributed by atoms with Gasteiger partial charge in [0.05, 0.1) is 6.07 Å². The molecule has 1 fully saturated rings.